The highest BCUT2D eigenvalue weighted by Gasteiger charge is 2.31. The van der Waals surface area contributed by atoms with Gasteiger partial charge in [0.25, 0.3) is 0 Å². The van der Waals surface area contributed by atoms with E-state index < -0.39 is 0 Å². The highest BCUT2D eigenvalue weighted by atomic mass is 16.3. The van der Waals surface area contributed by atoms with Crippen LogP contribution in [0.25, 0.3) is 0 Å². The van der Waals surface area contributed by atoms with Crippen molar-refractivity contribution in [1.29, 1.82) is 0 Å². The van der Waals surface area contributed by atoms with Gasteiger partial charge in [-0.2, -0.15) is 0 Å². The Labute approximate surface area is 129 Å². The topological polar surface area (TPSA) is 35.5 Å². The van der Waals surface area contributed by atoms with Crippen LogP contribution < -0.4 is 5.32 Å². The fourth-order valence-corrected chi connectivity index (χ4v) is 3.59. The van der Waals surface area contributed by atoms with Gasteiger partial charge >= 0.3 is 0 Å². The summed E-state index contributed by atoms with van der Waals surface area (Å²) in [5, 5.41) is 13.1. The molecule has 0 saturated carbocycles. The van der Waals surface area contributed by atoms with Gasteiger partial charge in [0.15, 0.2) is 0 Å². The second-order valence-electron chi connectivity index (χ2n) is 6.69. The minimum Gasteiger partial charge on any atom is -0.394 e. The second-order valence-corrected chi connectivity index (χ2v) is 6.69. The third-order valence-electron chi connectivity index (χ3n) is 4.81. The maximum absolute atomic E-state index is 9.66. The van der Waals surface area contributed by atoms with Crippen LogP contribution in [0.3, 0.4) is 0 Å². The van der Waals surface area contributed by atoms with Crippen molar-refractivity contribution in [2.45, 2.75) is 51.1 Å². The van der Waals surface area contributed by atoms with E-state index >= 15 is 0 Å². The van der Waals surface area contributed by atoms with Gasteiger partial charge in [0, 0.05) is 18.1 Å². The Bertz CT molecular complexity index is 422. The number of rotatable bonds is 7. The van der Waals surface area contributed by atoms with E-state index in [-0.39, 0.29) is 12.1 Å². The molecule has 3 unspecified atom stereocenters. The van der Waals surface area contributed by atoms with Gasteiger partial charge in [0.2, 0.25) is 0 Å². The summed E-state index contributed by atoms with van der Waals surface area (Å²) >= 11 is 0. The minimum atomic E-state index is -0.168. The first kappa shape index (κ1) is 16.5. The van der Waals surface area contributed by atoms with Crippen molar-refractivity contribution < 1.29 is 5.11 Å². The maximum Gasteiger partial charge on any atom is 0.0611 e. The van der Waals surface area contributed by atoms with Crippen LogP contribution in [0.4, 0.5) is 0 Å². The number of aliphatic hydroxyl groups is 1. The molecule has 3 heteroatoms. The lowest BCUT2D eigenvalue weighted by atomic mass is 9.93. The molecule has 0 amide bonds. The van der Waals surface area contributed by atoms with E-state index in [9.17, 15) is 5.11 Å². The molecule has 0 aliphatic carbocycles. The molecule has 3 nitrogen and oxygen atoms in total. The lowest BCUT2D eigenvalue weighted by Crippen LogP contribution is -2.50. The van der Waals surface area contributed by atoms with Crippen LogP contribution >= 0.6 is 0 Å². The zero-order valence-electron chi connectivity index (χ0n) is 13.7. The Kier molecular flexibility index (Phi) is 5.80. The van der Waals surface area contributed by atoms with E-state index in [0.29, 0.717) is 12.0 Å². The molecular weight excluding hydrogens is 260 g/mol. The summed E-state index contributed by atoms with van der Waals surface area (Å²) in [6.45, 7) is 9.90. The average molecular weight is 290 g/mol. The van der Waals surface area contributed by atoms with Crippen LogP contribution in [-0.4, -0.2) is 47.8 Å². The molecular formula is C18H30N2O. The van der Waals surface area contributed by atoms with Gasteiger partial charge in [-0.1, -0.05) is 37.3 Å². The lowest BCUT2D eigenvalue weighted by molar-refractivity contribution is 0.126. The van der Waals surface area contributed by atoms with Crippen molar-refractivity contribution >= 4 is 0 Å². The smallest absolute Gasteiger partial charge is 0.0611 e. The van der Waals surface area contributed by atoms with Gasteiger partial charge in [-0.3, -0.25) is 4.90 Å². The summed E-state index contributed by atoms with van der Waals surface area (Å²) in [6, 6.07) is 11.3. The van der Waals surface area contributed by atoms with Crippen molar-refractivity contribution in [3.63, 3.8) is 0 Å². The lowest BCUT2D eigenvalue weighted by Gasteiger charge is -2.35. The molecule has 1 heterocycles. The van der Waals surface area contributed by atoms with Gasteiger partial charge in [-0.25, -0.2) is 0 Å². The molecule has 3 atom stereocenters. The summed E-state index contributed by atoms with van der Waals surface area (Å²) in [6.07, 6.45) is 2.23. The standard InChI is InChI=1S/C18H30N2O/c1-4-19-18(3,14-21)12-15(2)20-11-10-17(13-20)16-8-6-5-7-9-16/h5-9,15,17,19,21H,4,10-14H2,1-3H3. The summed E-state index contributed by atoms with van der Waals surface area (Å²) in [5.74, 6) is 0.660. The second kappa shape index (κ2) is 7.39. The first-order valence-electron chi connectivity index (χ1n) is 8.23. The molecule has 0 aromatic heterocycles. The fourth-order valence-electron chi connectivity index (χ4n) is 3.59. The number of aliphatic hydroxyl groups excluding tert-OH is 1. The summed E-state index contributed by atoms with van der Waals surface area (Å²) in [4.78, 5) is 2.57. The molecule has 0 spiro atoms. The summed E-state index contributed by atoms with van der Waals surface area (Å²) < 4.78 is 0. The number of hydrogen-bond donors (Lipinski definition) is 2. The van der Waals surface area contributed by atoms with Crippen molar-refractivity contribution in [2.24, 2.45) is 0 Å². The SMILES string of the molecule is CCNC(C)(CO)CC(C)N1CCC(c2ccccc2)C1. The van der Waals surface area contributed by atoms with E-state index in [1.165, 1.54) is 12.0 Å². The van der Waals surface area contributed by atoms with Crippen LogP contribution in [0.1, 0.15) is 45.1 Å². The number of benzene rings is 1. The largest absolute Gasteiger partial charge is 0.394 e. The zero-order valence-corrected chi connectivity index (χ0v) is 13.7. The van der Waals surface area contributed by atoms with E-state index in [0.717, 1.165) is 26.1 Å². The Morgan fingerprint density at radius 1 is 1.38 bits per heavy atom. The molecule has 0 bridgehead atoms. The molecule has 1 saturated heterocycles. The highest BCUT2D eigenvalue weighted by molar-refractivity contribution is 5.21. The molecule has 2 rings (SSSR count). The predicted molar refractivity (Wildman–Crippen MR) is 88.6 cm³/mol. The Hall–Kier alpha value is -0.900. The minimum absolute atomic E-state index is 0.168. The van der Waals surface area contributed by atoms with E-state index in [1.54, 1.807) is 0 Å². The van der Waals surface area contributed by atoms with Crippen LogP contribution in [-0.2, 0) is 0 Å². The third-order valence-corrected chi connectivity index (χ3v) is 4.81. The molecule has 2 N–H and O–H groups in total. The van der Waals surface area contributed by atoms with Gasteiger partial charge in [0.1, 0.15) is 0 Å². The molecule has 21 heavy (non-hydrogen) atoms. The van der Waals surface area contributed by atoms with E-state index in [1.807, 2.05) is 0 Å². The first-order valence-corrected chi connectivity index (χ1v) is 8.23. The Morgan fingerprint density at radius 2 is 2.10 bits per heavy atom. The molecule has 0 radical (unpaired) electrons. The first-order chi connectivity index (χ1) is 10.1. The van der Waals surface area contributed by atoms with Crippen molar-refractivity contribution in [3.8, 4) is 0 Å². The quantitative estimate of drug-likeness (QED) is 0.810. The van der Waals surface area contributed by atoms with Crippen LogP contribution in [0.5, 0.6) is 0 Å². The Morgan fingerprint density at radius 3 is 2.71 bits per heavy atom. The number of likely N-dealkylation sites (N-methyl/N-ethyl adjacent to an activating group) is 1. The zero-order chi connectivity index (χ0) is 15.3. The van der Waals surface area contributed by atoms with E-state index in [2.05, 4.69) is 61.3 Å². The van der Waals surface area contributed by atoms with Gasteiger partial charge in [-0.05, 0) is 51.3 Å². The third kappa shape index (κ3) is 4.29. The van der Waals surface area contributed by atoms with Gasteiger partial charge in [-0.15, -0.1) is 0 Å². The van der Waals surface area contributed by atoms with Gasteiger partial charge in [0.05, 0.1) is 6.61 Å². The Balaban J connectivity index is 1.91. The number of nitrogens with one attached hydrogen (secondary N) is 1. The molecule has 1 aliphatic heterocycles. The average Bonchev–Trinajstić information content (AvgIpc) is 2.98. The fraction of sp³-hybridized carbons (Fsp3) is 0.667. The molecule has 1 aromatic carbocycles. The van der Waals surface area contributed by atoms with E-state index in [4.69, 9.17) is 0 Å². The van der Waals surface area contributed by atoms with Crippen LogP contribution in [0.15, 0.2) is 30.3 Å². The number of hydrogen-bond acceptors (Lipinski definition) is 3. The van der Waals surface area contributed by atoms with Gasteiger partial charge < -0.3 is 10.4 Å². The van der Waals surface area contributed by atoms with Crippen LogP contribution in [0.2, 0.25) is 0 Å². The maximum atomic E-state index is 9.66. The van der Waals surface area contributed by atoms with Crippen LogP contribution in [0, 0.1) is 0 Å². The predicted octanol–water partition coefficient (Wildman–Crippen LogP) is 2.62. The van der Waals surface area contributed by atoms with Crippen molar-refractivity contribution in [1.82, 2.24) is 10.2 Å². The van der Waals surface area contributed by atoms with Crippen molar-refractivity contribution in [2.75, 3.05) is 26.2 Å². The summed E-state index contributed by atoms with van der Waals surface area (Å²) in [7, 11) is 0. The highest BCUT2D eigenvalue weighted by Crippen LogP contribution is 2.29. The molecule has 1 aromatic rings. The molecule has 1 fully saturated rings. The number of nitrogens with zero attached hydrogens (tertiary/aromatic N) is 1. The number of likely N-dealkylation sites (tertiary alicyclic amines) is 1. The molecule has 118 valence electrons. The van der Waals surface area contributed by atoms with Crippen molar-refractivity contribution in [3.05, 3.63) is 35.9 Å². The monoisotopic (exact) mass is 290 g/mol. The normalized spacial score (nSPS) is 23.9. The molecule has 1 aliphatic rings. The summed E-state index contributed by atoms with van der Waals surface area (Å²) in [5.41, 5.74) is 1.29.